The molecule has 0 heterocycles. The Morgan fingerprint density at radius 1 is 1.00 bits per heavy atom. The van der Waals surface area contributed by atoms with E-state index in [1.165, 1.54) is 16.7 Å². The molecule has 0 aromatic carbocycles. The molecule has 9 heavy (non-hydrogen) atoms. The predicted molar refractivity (Wildman–Crippen MR) is 45.3 cm³/mol. The van der Waals surface area contributed by atoms with E-state index in [-0.39, 0.29) is 7.43 Å². The maximum atomic E-state index is 3.82. The summed E-state index contributed by atoms with van der Waals surface area (Å²) in [5.41, 5.74) is 3.85. The van der Waals surface area contributed by atoms with Crippen molar-refractivity contribution in [1.82, 2.24) is 0 Å². The average molecular weight is 125 g/mol. The largest absolute Gasteiger partial charge is 0.358 e. The van der Waals surface area contributed by atoms with Gasteiger partial charge in [-0.25, -0.2) is 0 Å². The van der Waals surface area contributed by atoms with Gasteiger partial charge in [0.15, 0.2) is 0 Å². The topological polar surface area (TPSA) is 0 Å². The summed E-state index contributed by atoms with van der Waals surface area (Å²) in [7, 11) is 0. The monoisotopic (exact) mass is 125 g/mol. The molecule has 0 aromatic rings. The van der Waals surface area contributed by atoms with Gasteiger partial charge in [0.25, 0.3) is 0 Å². The molecule has 0 aromatic heterocycles. The van der Waals surface area contributed by atoms with Crippen LogP contribution in [0.5, 0.6) is 0 Å². The first-order chi connectivity index (χ1) is 3.55. The van der Waals surface area contributed by atoms with Crippen LogP contribution in [0, 0.1) is 7.43 Å². The molecular weight excluding hydrogens is 108 g/mol. The number of rotatable bonds is 1. The zero-order chi connectivity index (χ0) is 6.73. The molecule has 0 aliphatic rings. The van der Waals surface area contributed by atoms with Gasteiger partial charge in [0, 0.05) is 0 Å². The third-order valence-corrected chi connectivity index (χ3v) is 1.39. The van der Waals surface area contributed by atoms with Crippen molar-refractivity contribution in [3.05, 3.63) is 30.7 Å². The van der Waals surface area contributed by atoms with Crippen LogP contribution >= 0.6 is 0 Å². The van der Waals surface area contributed by atoms with E-state index in [1.54, 1.807) is 0 Å². The van der Waals surface area contributed by atoms with Crippen LogP contribution in [-0.2, 0) is 0 Å². The highest BCUT2D eigenvalue weighted by Crippen LogP contribution is 2.09. The third kappa shape index (κ3) is 4.01. The van der Waals surface area contributed by atoms with E-state index in [9.17, 15) is 0 Å². The van der Waals surface area contributed by atoms with Crippen molar-refractivity contribution in [1.29, 1.82) is 0 Å². The van der Waals surface area contributed by atoms with Gasteiger partial charge in [-0.3, -0.25) is 0 Å². The molecule has 0 radical (unpaired) electrons. The second kappa shape index (κ2) is 4.37. The fourth-order valence-corrected chi connectivity index (χ4v) is 0.427. The van der Waals surface area contributed by atoms with Crippen LogP contribution in [0.15, 0.2) is 23.3 Å². The first kappa shape index (κ1) is 11.3. The van der Waals surface area contributed by atoms with E-state index in [2.05, 4.69) is 27.4 Å². The fourth-order valence-electron chi connectivity index (χ4n) is 0.427. The van der Waals surface area contributed by atoms with Gasteiger partial charge in [-0.05, 0) is 27.7 Å². The normalized spacial score (nSPS) is 7.56. The minimum Gasteiger partial charge on any atom is -0.358 e. The molecule has 0 spiro atoms. The second-order valence-electron chi connectivity index (χ2n) is 2.41. The highest BCUT2D eigenvalue weighted by Gasteiger charge is 1.88. The maximum absolute atomic E-state index is 3.82. The number of allylic oxidation sites excluding steroid dienone is 3. The van der Waals surface area contributed by atoms with Gasteiger partial charge >= 0.3 is 0 Å². The minimum atomic E-state index is 0. The lowest BCUT2D eigenvalue weighted by Crippen LogP contribution is -1.78. The first-order valence-corrected chi connectivity index (χ1v) is 2.85. The quantitative estimate of drug-likeness (QED) is 0.372. The Bertz CT molecular complexity index is 123. The molecule has 0 bridgehead atoms. The lowest BCUT2D eigenvalue weighted by molar-refractivity contribution is 1.23. The van der Waals surface area contributed by atoms with Crippen LogP contribution in [0.2, 0.25) is 0 Å². The van der Waals surface area contributed by atoms with Gasteiger partial charge < -0.3 is 7.43 Å². The van der Waals surface area contributed by atoms with Gasteiger partial charge in [0.2, 0.25) is 0 Å². The summed E-state index contributed by atoms with van der Waals surface area (Å²) in [6, 6.07) is 0. The zero-order valence-corrected chi connectivity index (χ0v) is 7.21. The highest BCUT2D eigenvalue weighted by atomic mass is 13.9. The molecule has 0 nitrogen and oxygen atoms in total. The van der Waals surface area contributed by atoms with Crippen molar-refractivity contribution >= 4 is 0 Å². The Morgan fingerprint density at radius 3 is 1.33 bits per heavy atom. The highest BCUT2D eigenvalue weighted by molar-refractivity contribution is 5.27. The van der Waals surface area contributed by atoms with Gasteiger partial charge in [0.1, 0.15) is 0 Å². The Morgan fingerprint density at radius 2 is 1.33 bits per heavy atom. The predicted octanol–water partition coefficient (Wildman–Crippen LogP) is 3.37. The summed E-state index contributed by atoms with van der Waals surface area (Å²) in [6.45, 7) is 12.1. The van der Waals surface area contributed by atoms with Crippen molar-refractivity contribution in [2.45, 2.75) is 27.7 Å². The van der Waals surface area contributed by atoms with Crippen molar-refractivity contribution in [3.8, 4) is 0 Å². The minimum absolute atomic E-state index is 0. The van der Waals surface area contributed by atoms with E-state index < -0.39 is 0 Å². The molecule has 0 fully saturated rings. The van der Waals surface area contributed by atoms with Gasteiger partial charge in [-0.2, -0.15) is 0 Å². The van der Waals surface area contributed by atoms with Crippen LogP contribution in [0.4, 0.5) is 0 Å². The third-order valence-electron chi connectivity index (χ3n) is 1.39. The molecule has 0 unspecified atom stereocenters. The molecule has 0 saturated carbocycles. The Labute approximate surface area is 59.3 Å². The van der Waals surface area contributed by atoms with Crippen LogP contribution in [0.1, 0.15) is 27.7 Å². The zero-order valence-electron chi connectivity index (χ0n) is 7.21. The summed E-state index contributed by atoms with van der Waals surface area (Å²) in [5.74, 6) is 0. The average Bonchev–Trinajstić information content (AvgIpc) is 1.64. The lowest BCUT2D eigenvalue weighted by Gasteiger charge is -1.99. The number of hydrogen-bond acceptors (Lipinski definition) is 0. The van der Waals surface area contributed by atoms with Crippen LogP contribution in [-0.4, -0.2) is 0 Å². The smallest absolute Gasteiger partial charge is 0.0396 e. The van der Waals surface area contributed by atoms with Crippen molar-refractivity contribution in [3.63, 3.8) is 0 Å². The van der Waals surface area contributed by atoms with E-state index in [0.29, 0.717) is 0 Å². The SMILES string of the molecule is C=C(C)C(C)=C(C)C.[CH3-]. The van der Waals surface area contributed by atoms with Crippen LogP contribution < -0.4 is 0 Å². The summed E-state index contributed by atoms with van der Waals surface area (Å²) >= 11 is 0. The Hall–Kier alpha value is -0.520. The van der Waals surface area contributed by atoms with E-state index in [0.717, 1.165) is 0 Å². The molecule has 0 atom stereocenters. The van der Waals surface area contributed by atoms with Crippen LogP contribution in [0.3, 0.4) is 0 Å². The summed E-state index contributed by atoms with van der Waals surface area (Å²) < 4.78 is 0. The van der Waals surface area contributed by atoms with E-state index in [1.807, 2.05) is 6.92 Å². The summed E-state index contributed by atoms with van der Waals surface area (Å²) in [4.78, 5) is 0. The van der Waals surface area contributed by atoms with Gasteiger partial charge in [-0.15, -0.1) is 0 Å². The van der Waals surface area contributed by atoms with Crippen LogP contribution in [0.25, 0.3) is 0 Å². The summed E-state index contributed by atoms with van der Waals surface area (Å²) in [5, 5.41) is 0. The van der Waals surface area contributed by atoms with E-state index in [4.69, 9.17) is 0 Å². The van der Waals surface area contributed by atoms with Gasteiger partial charge in [-0.1, -0.05) is 23.3 Å². The first-order valence-electron chi connectivity index (χ1n) is 2.85. The molecule has 0 N–H and O–H groups in total. The van der Waals surface area contributed by atoms with Crippen molar-refractivity contribution < 1.29 is 0 Å². The maximum Gasteiger partial charge on any atom is -0.0396 e. The standard InChI is InChI=1S/C8H14.CH3/c1-6(2)8(5)7(3)4;/h1H2,2-5H3;1H3/q;-1. The second-order valence-corrected chi connectivity index (χ2v) is 2.41. The molecule has 0 heteroatoms. The molecule has 0 rings (SSSR count). The molecule has 0 aliphatic heterocycles. The van der Waals surface area contributed by atoms with Gasteiger partial charge in [0.05, 0.1) is 0 Å². The molecular formula is C9H17-. The molecule has 54 valence electrons. The van der Waals surface area contributed by atoms with Crippen molar-refractivity contribution in [2.24, 2.45) is 0 Å². The molecule has 0 amide bonds. The number of hydrogen-bond donors (Lipinski definition) is 0. The lowest BCUT2D eigenvalue weighted by atomic mass is 10.1. The summed E-state index contributed by atoms with van der Waals surface area (Å²) in [6.07, 6.45) is 0. The van der Waals surface area contributed by atoms with E-state index >= 15 is 0 Å². The molecule has 0 saturated heterocycles. The Kier molecular flexibility index (Phi) is 5.48. The molecule has 0 aliphatic carbocycles. The Balaban J connectivity index is 0. The van der Waals surface area contributed by atoms with Crippen molar-refractivity contribution in [2.75, 3.05) is 0 Å². The fraction of sp³-hybridized carbons (Fsp3) is 0.444.